The second kappa shape index (κ2) is 10.5. The third-order valence-corrected chi connectivity index (χ3v) is 7.51. The fourth-order valence-electron chi connectivity index (χ4n) is 3.64. The molecule has 0 saturated heterocycles. The quantitative estimate of drug-likeness (QED) is 0.315. The van der Waals surface area contributed by atoms with Gasteiger partial charge in [0.1, 0.15) is 5.75 Å². The molecule has 0 saturated carbocycles. The average Bonchev–Trinajstić information content (AvgIpc) is 3.31. The number of anilines is 1. The van der Waals surface area contributed by atoms with E-state index in [1.807, 2.05) is 43.3 Å². The van der Waals surface area contributed by atoms with Gasteiger partial charge in [-0.3, -0.25) is 0 Å². The van der Waals surface area contributed by atoms with Gasteiger partial charge in [-0.1, -0.05) is 41.9 Å². The SMILES string of the molecule is COc1ccc(-c2nc(S(=O)(=O)c3ccccc3)c(NCC(c3ccc(Cl)cc3)N(C)C)o2)cc1. The van der Waals surface area contributed by atoms with E-state index in [-0.39, 0.29) is 27.7 Å². The maximum atomic E-state index is 13.5. The number of halogens is 1. The number of hydrogen-bond acceptors (Lipinski definition) is 7. The van der Waals surface area contributed by atoms with Crippen molar-refractivity contribution in [1.29, 1.82) is 0 Å². The minimum Gasteiger partial charge on any atom is -0.497 e. The number of rotatable bonds is 9. The number of nitrogens with one attached hydrogen (secondary N) is 1. The van der Waals surface area contributed by atoms with Gasteiger partial charge >= 0.3 is 0 Å². The molecule has 1 atom stereocenters. The summed E-state index contributed by atoms with van der Waals surface area (Å²) in [5.41, 5.74) is 1.65. The van der Waals surface area contributed by atoms with Crippen molar-refractivity contribution in [3.05, 3.63) is 89.4 Å². The molecule has 1 unspecified atom stereocenters. The third-order valence-electron chi connectivity index (χ3n) is 5.58. The zero-order valence-corrected chi connectivity index (χ0v) is 21.2. The van der Waals surface area contributed by atoms with Crippen LogP contribution in [0, 0.1) is 0 Å². The molecule has 0 spiro atoms. The Kier molecular flexibility index (Phi) is 7.45. The van der Waals surface area contributed by atoms with Crippen molar-refractivity contribution in [3.8, 4) is 17.2 Å². The van der Waals surface area contributed by atoms with Crippen LogP contribution >= 0.6 is 11.6 Å². The molecule has 0 aliphatic heterocycles. The highest BCUT2D eigenvalue weighted by molar-refractivity contribution is 7.91. The van der Waals surface area contributed by atoms with E-state index in [4.69, 9.17) is 20.8 Å². The van der Waals surface area contributed by atoms with Gasteiger partial charge in [-0.2, -0.15) is 4.98 Å². The molecule has 0 radical (unpaired) electrons. The molecule has 3 aromatic carbocycles. The molecule has 0 amide bonds. The van der Waals surface area contributed by atoms with E-state index in [0.717, 1.165) is 5.56 Å². The lowest BCUT2D eigenvalue weighted by molar-refractivity contribution is 0.310. The molecule has 0 fully saturated rings. The van der Waals surface area contributed by atoms with Crippen LogP contribution in [0.25, 0.3) is 11.5 Å². The molecule has 4 rings (SSSR count). The fraction of sp³-hybridized carbons (Fsp3) is 0.192. The first-order valence-corrected chi connectivity index (χ1v) is 12.8. The summed E-state index contributed by atoms with van der Waals surface area (Å²) in [6.07, 6.45) is 0. The normalized spacial score (nSPS) is 12.5. The molecule has 0 aliphatic rings. The fourth-order valence-corrected chi connectivity index (χ4v) is 5.07. The highest BCUT2D eigenvalue weighted by atomic mass is 35.5. The van der Waals surface area contributed by atoms with E-state index < -0.39 is 9.84 Å². The number of aromatic nitrogens is 1. The van der Waals surface area contributed by atoms with Crippen LogP contribution in [-0.4, -0.2) is 46.1 Å². The first-order chi connectivity index (χ1) is 16.8. The third kappa shape index (κ3) is 5.51. The summed E-state index contributed by atoms with van der Waals surface area (Å²) in [5.74, 6) is 0.950. The molecular formula is C26H26ClN3O4S. The van der Waals surface area contributed by atoms with Crippen LogP contribution in [0.1, 0.15) is 11.6 Å². The Labute approximate surface area is 210 Å². The number of ether oxygens (including phenoxy) is 1. The lowest BCUT2D eigenvalue weighted by Crippen LogP contribution is -2.27. The van der Waals surface area contributed by atoms with Gasteiger partial charge in [-0.25, -0.2) is 8.42 Å². The minimum absolute atomic E-state index is 0.0749. The summed E-state index contributed by atoms with van der Waals surface area (Å²) >= 11 is 6.05. The molecule has 9 heteroatoms. The van der Waals surface area contributed by atoms with Gasteiger partial charge in [0, 0.05) is 17.1 Å². The van der Waals surface area contributed by atoms with Crippen LogP contribution in [0.3, 0.4) is 0 Å². The molecule has 1 aromatic heterocycles. The summed E-state index contributed by atoms with van der Waals surface area (Å²) < 4.78 is 38.2. The molecule has 7 nitrogen and oxygen atoms in total. The molecular weight excluding hydrogens is 486 g/mol. The second-order valence-corrected chi connectivity index (χ2v) is 10.4. The Morgan fingerprint density at radius 2 is 1.66 bits per heavy atom. The highest BCUT2D eigenvalue weighted by Gasteiger charge is 2.29. The van der Waals surface area contributed by atoms with Crippen LogP contribution < -0.4 is 10.1 Å². The number of likely N-dealkylation sites (N-methyl/N-ethyl adjacent to an activating group) is 1. The molecule has 35 heavy (non-hydrogen) atoms. The predicted octanol–water partition coefficient (Wildman–Crippen LogP) is 5.55. The Balaban J connectivity index is 1.72. The number of benzene rings is 3. The largest absolute Gasteiger partial charge is 0.497 e. The maximum absolute atomic E-state index is 13.5. The van der Waals surface area contributed by atoms with Crippen LogP contribution in [0.2, 0.25) is 5.02 Å². The zero-order chi connectivity index (χ0) is 25.0. The summed E-state index contributed by atoms with van der Waals surface area (Å²) in [7, 11) is 1.55. The lowest BCUT2D eigenvalue weighted by atomic mass is 10.1. The number of sulfone groups is 1. The predicted molar refractivity (Wildman–Crippen MR) is 137 cm³/mol. The first kappa shape index (κ1) is 24.8. The van der Waals surface area contributed by atoms with Gasteiger partial charge in [-0.05, 0) is 68.2 Å². The number of methoxy groups -OCH3 is 1. The monoisotopic (exact) mass is 511 g/mol. The smallest absolute Gasteiger partial charge is 0.233 e. The zero-order valence-electron chi connectivity index (χ0n) is 19.6. The van der Waals surface area contributed by atoms with Crippen molar-refractivity contribution in [1.82, 2.24) is 9.88 Å². The average molecular weight is 512 g/mol. The van der Waals surface area contributed by atoms with Crippen molar-refractivity contribution in [2.75, 3.05) is 33.1 Å². The van der Waals surface area contributed by atoms with Gasteiger partial charge in [0.25, 0.3) is 0 Å². The second-order valence-electron chi connectivity index (χ2n) is 8.11. The van der Waals surface area contributed by atoms with E-state index in [0.29, 0.717) is 22.9 Å². The molecule has 182 valence electrons. The van der Waals surface area contributed by atoms with E-state index in [1.165, 1.54) is 12.1 Å². The van der Waals surface area contributed by atoms with E-state index >= 15 is 0 Å². The van der Waals surface area contributed by atoms with Crippen LogP contribution in [0.15, 0.2) is 93.2 Å². The topological polar surface area (TPSA) is 84.7 Å². The lowest BCUT2D eigenvalue weighted by Gasteiger charge is -2.25. The van der Waals surface area contributed by atoms with E-state index in [1.54, 1.807) is 49.6 Å². The Hall–Kier alpha value is -3.33. The van der Waals surface area contributed by atoms with Crippen molar-refractivity contribution in [2.45, 2.75) is 16.0 Å². The van der Waals surface area contributed by atoms with Crippen LogP contribution in [0.5, 0.6) is 5.75 Å². The van der Waals surface area contributed by atoms with Gasteiger partial charge in [0.15, 0.2) is 0 Å². The van der Waals surface area contributed by atoms with Gasteiger partial charge in [0.05, 0.1) is 18.0 Å². The molecule has 4 aromatic rings. The van der Waals surface area contributed by atoms with Crippen LogP contribution in [0.4, 0.5) is 5.88 Å². The van der Waals surface area contributed by atoms with Crippen molar-refractivity contribution < 1.29 is 17.6 Å². The van der Waals surface area contributed by atoms with E-state index in [9.17, 15) is 8.42 Å². The number of oxazole rings is 1. The summed E-state index contributed by atoms with van der Waals surface area (Å²) in [5, 5.41) is 3.67. The Morgan fingerprint density at radius 3 is 2.26 bits per heavy atom. The Morgan fingerprint density at radius 1 is 1.00 bits per heavy atom. The van der Waals surface area contributed by atoms with Crippen molar-refractivity contribution in [3.63, 3.8) is 0 Å². The standard InChI is InChI=1S/C26H26ClN3O4S/c1-30(2)23(18-9-13-20(27)14-10-18)17-28-25-26(35(31,32)22-7-5-4-6-8-22)29-24(34-25)19-11-15-21(33-3)16-12-19/h4-16,23,28H,17H2,1-3H3. The van der Waals surface area contributed by atoms with Crippen molar-refractivity contribution >= 4 is 27.3 Å². The van der Waals surface area contributed by atoms with Gasteiger partial charge in [0.2, 0.25) is 26.6 Å². The summed E-state index contributed by atoms with van der Waals surface area (Å²) in [6, 6.07) is 22.7. The van der Waals surface area contributed by atoms with Gasteiger partial charge in [-0.15, -0.1) is 0 Å². The van der Waals surface area contributed by atoms with Crippen LogP contribution in [-0.2, 0) is 9.84 Å². The first-order valence-electron chi connectivity index (χ1n) is 10.9. The molecule has 0 aliphatic carbocycles. The Bertz CT molecular complexity index is 1370. The van der Waals surface area contributed by atoms with E-state index in [2.05, 4.69) is 10.3 Å². The van der Waals surface area contributed by atoms with Gasteiger partial charge < -0.3 is 19.4 Å². The maximum Gasteiger partial charge on any atom is 0.233 e. The molecule has 0 bridgehead atoms. The highest BCUT2D eigenvalue weighted by Crippen LogP contribution is 2.33. The van der Waals surface area contributed by atoms with Crippen molar-refractivity contribution in [2.24, 2.45) is 0 Å². The summed E-state index contributed by atoms with van der Waals surface area (Å²) in [4.78, 5) is 6.57. The summed E-state index contributed by atoms with van der Waals surface area (Å²) in [6.45, 7) is 0.378. The molecule has 1 N–H and O–H groups in total. The molecule has 1 heterocycles. The minimum atomic E-state index is -3.93. The number of hydrogen-bond donors (Lipinski definition) is 1. The number of nitrogens with zero attached hydrogens (tertiary/aromatic N) is 2.